The van der Waals surface area contributed by atoms with Crippen molar-refractivity contribution < 1.29 is 0 Å². The average Bonchev–Trinajstić information content (AvgIpc) is 3.36. The maximum Gasteiger partial charge on any atom is 0.142 e. The molecule has 5 nitrogen and oxygen atoms in total. The Hall–Kier alpha value is -4.61. The van der Waals surface area contributed by atoms with E-state index in [1.54, 1.807) is 0 Å². The summed E-state index contributed by atoms with van der Waals surface area (Å²) in [4.78, 5) is 4.41. The molecule has 0 fully saturated rings. The minimum atomic E-state index is 0.157. The van der Waals surface area contributed by atoms with Crippen LogP contribution in [0.3, 0.4) is 0 Å². The van der Waals surface area contributed by atoms with E-state index in [9.17, 15) is 10.5 Å². The largest absolute Gasteiger partial charge is 0.383 e. The zero-order valence-corrected chi connectivity index (χ0v) is 17.7. The van der Waals surface area contributed by atoms with E-state index in [1.807, 2.05) is 44.3 Å². The van der Waals surface area contributed by atoms with Crippen LogP contribution in [0.5, 0.6) is 0 Å². The predicted octanol–water partition coefficient (Wildman–Crippen LogP) is 5.64. The number of pyridine rings is 1. The maximum absolute atomic E-state index is 9.78. The fourth-order valence-corrected chi connectivity index (χ4v) is 4.42. The average molecular weight is 413 g/mol. The second kappa shape index (κ2) is 7.27. The van der Waals surface area contributed by atoms with Crippen molar-refractivity contribution in [1.29, 1.82) is 10.5 Å². The third kappa shape index (κ3) is 2.80. The fraction of sp³-hybridized carbons (Fsp3) is 0.0741. The predicted molar refractivity (Wildman–Crippen MR) is 127 cm³/mol. The first kappa shape index (κ1) is 19.4. The molecule has 0 atom stereocenters. The van der Waals surface area contributed by atoms with Crippen LogP contribution in [0.2, 0.25) is 0 Å². The molecular weight excluding hydrogens is 394 g/mol. The quantitative estimate of drug-likeness (QED) is 0.460. The molecule has 0 unspecified atom stereocenters. The van der Waals surface area contributed by atoms with E-state index in [0.717, 1.165) is 33.7 Å². The molecule has 2 N–H and O–H groups in total. The van der Waals surface area contributed by atoms with Crippen molar-refractivity contribution in [3.8, 4) is 17.8 Å². The van der Waals surface area contributed by atoms with Crippen molar-refractivity contribution in [2.45, 2.75) is 13.8 Å². The number of nitrogens with two attached hydrogens (primary N) is 1. The Labute approximate surface area is 186 Å². The lowest BCUT2D eigenvalue weighted by Gasteiger charge is -2.12. The Morgan fingerprint density at radius 2 is 1.75 bits per heavy atom. The van der Waals surface area contributed by atoms with Crippen LogP contribution in [0.4, 0.5) is 5.82 Å². The normalized spacial score (nSPS) is 13.9. The summed E-state index contributed by atoms with van der Waals surface area (Å²) in [5.41, 5.74) is 12.7. The topological polar surface area (TPSA) is 91.4 Å². The van der Waals surface area contributed by atoms with Gasteiger partial charge >= 0.3 is 0 Å². The van der Waals surface area contributed by atoms with Crippen molar-refractivity contribution in [2.24, 2.45) is 0 Å². The highest BCUT2D eigenvalue weighted by Gasteiger charge is 2.29. The third-order valence-electron chi connectivity index (χ3n) is 6.07. The van der Waals surface area contributed by atoms with Crippen molar-refractivity contribution >= 4 is 33.8 Å². The second-order valence-electron chi connectivity index (χ2n) is 7.84. The zero-order valence-electron chi connectivity index (χ0n) is 17.7. The van der Waals surface area contributed by atoms with Crippen molar-refractivity contribution in [3.63, 3.8) is 0 Å². The van der Waals surface area contributed by atoms with E-state index in [0.29, 0.717) is 16.8 Å². The molecule has 0 bridgehead atoms. The summed E-state index contributed by atoms with van der Waals surface area (Å²) >= 11 is 0. The van der Waals surface area contributed by atoms with E-state index in [-0.39, 0.29) is 5.82 Å². The number of nitrogens with zero attached hydrogens (tertiary/aromatic N) is 4. The van der Waals surface area contributed by atoms with E-state index in [1.165, 1.54) is 10.8 Å². The highest BCUT2D eigenvalue weighted by Crippen LogP contribution is 2.44. The molecule has 4 aromatic rings. The highest BCUT2D eigenvalue weighted by atomic mass is 15.0. The lowest BCUT2D eigenvalue weighted by atomic mass is 9.96. The number of rotatable bonds is 2. The van der Waals surface area contributed by atoms with Gasteiger partial charge in [0, 0.05) is 23.1 Å². The Balaban J connectivity index is 1.71. The van der Waals surface area contributed by atoms with E-state index >= 15 is 0 Å². The lowest BCUT2D eigenvalue weighted by Crippen LogP contribution is -2.04. The van der Waals surface area contributed by atoms with E-state index < -0.39 is 0 Å². The Morgan fingerprint density at radius 1 is 0.969 bits per heavy atom. The first-order valence-corrected chi connectivity index (χ1v) is 10.2. The summed E-state index contributed by atoms with van der Waals surface area (Å²) in [5.74, 6) is 0.157. The molecule has 5 rings (SSSR count). The summed E-state index contributed by atoms with van der Waals surface area (Å²) in [6, 6.07) is 23.1. The lowest BCUT2D eigenvalue weighted by molar-refractivity contribution is 1.07. The summed E-state index contributed by atoms with van der Waals surface area (Å²) < 4.78 is 2.11. The molecule has 2 aromatic heterocycles. The number of allylic oxidation sites excluding steroid dienone is 3. The summed E-state index contributed by atoms with van der Waals surface area (Å²) in [6.07, 6.45) is 4.07. The molecule has 0 spiro atoms. The number of nitriles is 2. The van der Waals surface area contributed by atoms with Crippen LogP contribution in [0.15, 0.2) is 66.4 Å². The molecule has 0 saturated heterocycles. The number of hydrogen-bond acceptors (Lipinski definition) is 4. The molecule has 32 heavy (non-hydrogen) atoms. The number of nitrogen functional groups attached to an aromatic ring is 1. The molecular formula is C27H19N5. The third-order valence-corrected chi connectivity index (χ3v) is 6.07. The van der Waals surface area contributed by atoms with Gasteiger partial charge in [0.15, 0.2) is 0 Å². The summed E-state index contributed by atoms with van der Waals surface area (Å²) in [6.45, 7) is 3.77. The van der Waals surface area contributed by atoms with Gasteiger partial charge in [-0.15, -0.1) is 0 Å². The smallest absolute Gasteiger partial charge is 0.142 e. The summed E-state index contributed by atoms with van der Waals surface area (Å²) in [7, 11) is 0. The second-order valence-corrected chi connectivity index (χ2v) is 7.84. The molecule has 1 aliphatic carbocycles. The number of aromatic nitrogens is 2. The highest BCUT2D eigenvalue weighted by molar-refractivity contribution is 6.08. The number of anilines is 1. The van der Waals surface area contributed by atoms with Crippen LogP contribution >= 0.6 is 0 Å². The van der Waals surface area contributed by atoms with Crippen molar-refractivity contribution in [1.82, 2.24) is 9.55 Å². The molecule has 0 amide bonds. The molecule has 152 valence electrons. The van der Waals surface area contributed by atoms with Crippen LogP contribution < -0.4 is 5.73 Å². The minimum Gasteiger partial charge on any atom is -0.383 e. The zero-order chi connectivity index (χ0) is 22.4. The molecule has 5 heteroatoms. The van der Waals surface area contributed by atoms with Crippen LogP contribution in [-0.4, -0.2) is 9.55 Å². The van der Waals surface area contributed by atoms with Crippen molar-refractivity contribution in [2.75, 3.05) is 5.73 Å². The molecule has 1 aliphatic rings. The SMILES string of the molecule is CC1=C(C#N)c2nc(N)c(C#N)c(C)c2/C1=C\c1cccn1-c1ccc2ccccc2c1. The number of hydrogen-bond donors (Lipinski definition) is 1. The molecule has 0 radical (unpaired) electrons. The van der Waals surface area contributed by atoms with Gasteiger partial charge in [-0.2, -0.15) is 10.5 Å². The van der Waals surface area contributed by atoms with Gasteiger partial charge in [0.2, 0.25) is 0 Å². The van der Waals surface area contributed by atoms with Gasteiger partial charge < -0.3 is 10.3 Å². The van der Waals surface area contributed by atoms with Crippen LogP contribution in [0.1, 0.15) is 35.0 Å². The van der Waals surface area contributed by atoms with Gasteiger partial charge in [0.05, 0.1) is 16.8 Å². The van der Waals surface area contributed by atoms with Gasteiger partial charge in [-0.05, 0) is 71.7 Å². The Bertz CT molecular complexity index is 1570. The van der Waals surface area contributed by atoms with Crippen molar-refractivity contribution in [3.05, 3.63) is 94.4 Å². The van der Waals surface area contributed by atoms with Crippen LogP contribution in [-0.2, 0) is 0 Å². The Kier molecular flexibility index (Phi) is 4.40. The first-order valence-electron chi connectivity index (χ1n) is 10.2. The maximum atomic E-state index is 9.78. The fourth-order valence-electron chi connectivity index (χ4n) is 4.42. The monoisotopic (exact) mass is 413 g/mol. The first-order chi connectivity index (χ1) is 15.5. The van der Waals surface area contributed by atoms with Crippen LogP contribution in [0.25, 0.3) is 33.7 Å². The standard InChI is InChI=1S/C27H19N5/c1-16-22(25-17(2)24(15-29)27(30)31-26(25)23(16)14-28)13-20-8-5-11-32(20)21-10-9-18-6-3-4-7-19(18)12-21/h3-13H,1-2H3,(H2,30,31)/b22-13-. The molecule has 2 aromatic carbocycles. The Morgan fingerprint density at radius 3 is 2.50 bits per heavy atom. The number of fused-ring (bicyclic) bond motifs is 2. The van der Waals surface area contributed by atoms with E-state index in [4.69, 9.17) is 5.73 Å². The number of benzene rings is 2. The van der Waals surface area contributed by atoms with E-state index in [2.05, 4.69) is 58.1 Å². The minimum absolute atomic E-state index is 0.157. The van der Waals surface area contributed by atoms with Gasteiger partial charge in [-0.3, -0.25) is 0 Å². The van der Waals surface area contributed by atoms with Gasteiger partial charge in [0.25, 0.3) is 0 Å². The molecule has 2 heterocycles. The van der Waals surface area contributed by atoms with Gasteiger partial charge in [-0.1, -0.05) is 30.3 Å². The van der Waals surface area contributed by atoms with Gasteiger partial charge in [-0.25, -0.2) is 4.98 Å². The molecule has 0 aliphatic heterocycles. The van der Waals surface area contributed by atoms with Gasteiger partial charge in [0.1, 0.15) is 18.0 Å². The van der Waals surface area contributed by atoms with Crippen LogP contribution in [0, 0.1) is 29.6 Å². The summed E-state index contributed by atoms with van der Waals surface area (Å²) in [5, 5.41) is 21.7. The molecule has 0 saturated carbocycles.